The summed E-state index contributed by atoms with van der Waals surface area (Å²) in [5.41, 5.74) is 1.30. The molecule has 1 aliphatic rings. The highest BCUT2D eigenvalue weighted by atomic mass is 35.5. The largest absolute Gasteiger partial charge is 0.345 e. The number of rotatable bonds is 3. The van der Waals surface area contributed by atoms with Gasteiger partial charge in [-0.05, 0) is 31.9 Å². The first-order valence-electron chi connectivity index (χ1n) is 6.46. The number of hydrogen-bond donors (Lipinski definition) is 1. The van der Waals surface area contributed by atoms with Gasteiger partial charge in [0.2, 0.25) is 0 Å². The Kier molecular flexibility index (Phi) is 4.23. The number of aryl methyl sites for hydroxylation is 1. The molecule has 2 rings (SSSR count). The molecule has 0 spiro atoms. The Labute approximate surface area is 113 Å². The van der Waals surface area contributed by atoms with Crippen LogP contribution in [-0.4, -0.2) is 22.3 Å². The Morgan fingerprint density at radius 3 is 2.67 bits per heavy atom. The molecular formula is C14H19ClN2O. The van der Waals surface area contributed by atoms with Crippen LogP contribution in [0.3, 0.4) is 0 Å². The van der Waals surface area contributed by atoms with Gasteiger partial charge in [0.25, 0.3) is 5.91 Å². The van der Waals surface area contributed by atoms with Crippen molar-refractivity contribution < 1.29 is 4.79 Å². The maximum atomic E-state index is 12.2. The average Bonchev–Trinajstić information content (AvgIpc) is 2.40. The molecular weight excluding hydrogens is 248 g/mol. The topological polar surface area (TPSA) is 42.0 Å². The van der Waals surface area contributed by atoms with Crippen LogP contribution in [0.2, 0.25) is 0 Å². The van der Waals surface area contributed by atoms with Gasteiger partial charge in [-0.1, -0.05) is 19.3 Å². The molecule has 0 aliphatic heterocycles. The van der Waals surface area contributed by atoms with Crippen LogP contribution in [0.4, 0.5) is 0 Å². The highest BCUT2D eigenvalue weighted by Crippen LogP contribution is 2.29. The molecule has 0 bridgehead atoms. The summed E-state index contributed by atoms with van der Waals surface area (Å²) in [7, 11) is 0. The van der Waals surface area contributed by atoms with E-state index in [9.17, 15) is 4.79 Å². The summed E-state index contributed by atoms with van der Waals surface area (Å²) in [5, 5.41) is 3.11. The van der Waals surface area contributed by atoms with E-state index in [1.807, 2.05) is 19.1 Å². The van der Waals surface area contributed by atoms with Crippen LogP contribution in [0, 0.1) is 6.92 Å². The second kappa shape index (κ2) is 5.70. The van der Waals surface area contributed by atoms with Gasteiger partial charge in [-0.15, -0.1) is 11.6 Å². The van der Waals surface area contributed by atoms with Crippen LogP contribution in [0.25, 0.3) is 0 Å². The van der Waals surface area contributed by atoms with Gasteiger partial charge in [0, 0.05) is 17.8 Å². The monoisotopic (exact) mass is 266 g/mol. The normalized spacial score (nSPS) is 18.3. The second-order valence-electron chi connectivity index (χ2n) is 5.12. The van der Waals surface area contributed by atoms with E-state index in [2.05, 4.69) is 10.3 Å². The summed E-state index contributed by atoms with van der Waals surface area (Å²) in [6.45, 7) is 1.91. The van der Waals surface area contributed by atoms with E-state index in [0.717, 1.165) is 31.4 Å². The van der Waals surface area contributed by atoms with E-state index in [1.54, 1.807) is 6.20 Å². The van der Waals surface area contributed by atoms with E-state index in [-0.39, 0.29) is 11.4 Å². The van der Waals surface area contributed by atoms with Gasteiger partial charge >= 0.3 is 0 Å². The molecule has 0 aromatic carbocycles. The van der Waals surface area contributed by atoms with Gasteiger partial charge in [-0.3, -0.25) is 9.78 Å². The lowest BCUT2D eigenvalue weighted by Crippen LogP contribution is -2.51. The van der Waals surface area contributed by atoms with Gasteiger partial charge < -0.3 is 5.32 Å². The third-order valence-corrected chi connectivity index (χ3v) is 4.13. The smallest absolute Gasteiger partial charge is 0.253 e. The molecule has 1 N–H and O–H groups in total. The number of carbonyl (C=O) groups excluding carboxylic acids is 1. The predicted octanol–water partition coefficient (Wildman–Crippen LogP) is 3.06. The molecule has 98 valence electrons. The molecule has 0 unspecified atom stereocenters. The molecule has 1 amide bonds. The summed E-state index contributed by atoms with van der Waals surface area (Å²) in [6.07, 6.45) is 7.08. The quantitative estimate of drug-likeness (QED) is 0.855. The Morgan fingerprint density at radius 2 is 2.11 bits per heavy atom. The standard InChI is InChI=1S/C14H19ClN2O/c1-11-5-6-12(9-16-11)13(18)17-14(10-15)7-3-2-4-8-14/h5-6,9H,2-4,7-8,10H2,1H3,(H,17,18). The summed E-state index contributed by atoms with van der Waals surface area (Å²) >= 11 is 6.06. The number of pyridine rings is 1. The zero-order valence-electron chi connectivity index (χ0n) is 10.7. The molecule has 1 fully saturated rings. The Balaban J connectivity index is 2.07. The van der Waals surface area contributed by atoms with Crippen LogP contribution in [-0.2, 0) is 0 Å². The minimum Gasteiger partial charge on any atom is -0.345 e. The fraction of sp³-hybridized carbons (Fsp3) is 0.571. The first-order valence-corrected chi connectivity index (χ1v) is 7.00. The van der Waals surface area contributed by atoms with Crippen molar-refractivity contribution >= 4 is 17.5 Å². The molecule has 0 atom stereocenters. The lowest BCUT2D eigenvalue weighted by molar-refractivity contribution is 0.0884. The van der Waals surface area contributed by atoms with E-state index in [0.29, 0.717) is 11.4 Å². The van der Waals surface area contributed by atoms with Crippen molar-refractivity contribution in [1.82, 2.24) is 10.3 Å². The number of amides is 1. The van der Waals surface area contributed by atoms with Crippen molar-refractivity contribution in [3.8, 4) is 0 Å². The number of hydrogen-bond acceptors (Lipinski definition) is 2. The minimum atomic E-state index is -0.220. The molecule has 18 heavy (non-hydrogen) atoms. The number of aromatic nitrogens is 1. The lowest BCUT2D eigenvalue weighted by Gasteiger charge is -2.36. The fourth-order valence-corrected chi connectivity index (χ4v) is 2.77. The van der Waals surface area contributed by atoms with Crippen molar-refractivity contribution in [2.75, 3.05) is 5.88 Å². The summed E-state index contributed by atoms with van der Waals surface area (Å²) in [5.74, 6) is 0.419. The average molecular weight is 267 g/mol. The zero-order valence-corrected chi connectivity index (χ0v) is 11.5. The molecule has 1 aliphatic carbocycles. The first-order chi connectivity index (χ1) is 8.65. The summed E-state index contributed by atoms with van der Waals surface area (Å²) < 4.78 is 0. The van der Waals surface area contributed by atoms with E-state index in [1.165, 1.54) is 6.42 Å². The van der Waals surface area contributed by atoms with Crippen molar-refractivity contribution in [2.45, 2.75) is 44.6 Å². The maximum Gasteiger partial charge on any atom is 0.253 e. The Hall–Kier alpha value is -1.09. The molecule has 1 saturated carbocycles. The highest BCUT2D eigenvalue weighted by molar-refractivity contribution is 6.19. The van der Waals surface area contributed by atoms with Crippen molar-refractivity contribution in [3.05, 3.63) is 29.6 Å². The van der Waals surface area contributed by atoms with Crippen molar-refractivity contribution in [3.63, 3.8) is 0 Å². The number of nitrogens with zero attached hydrogens (tertiary/aromatic N) is 1. The van der Waals surface area contributed by atoms with Crippen LogP contribution < -0.4 is 5.32 Å². The lowest BCUT2D eigenvalue weighted by atomic mass is 9.83. The molecule has 1 aromatic rings. The Bertz CT molecular complexity index is 410. The van der Waals surface area contributed by atoms with Gasteiger partial charge in [0.1, 0.15) is 0 Å². The number of nitrogens with one attached hydrogen (secondary N) is 1. The van der Waals surface area contributed by atoms with Gasteiger partial charge in [-0.2, -0.15) is 0 Å². The molecule has 1 aromatic heterocycles. The third kappa shape index (κ3) is 3.02. The van der Waals surface area contributed by atoms with Crippen molar-refractivity contribution in [2.24, 2.45) is 0 Å². The highest BCUT2D eigenvalue weighted by Gasteiger charge is 2.32. The van der Waals surface area contributed by atoms with Gasteiger partial charge in [-0.25, -0.2) is 0 Å². The third-order valence-electron chi connectivity index (χ3n) is 3.62. The van der Waals surface area contributed by atoms with Crippen molar-refractivity contribution in [1.29, 1.82) is 0 Å². The summed E-state index contributed by atoms with van der Waals surface area (Å²) in [4.78, 5) is 16.3. The number of alkyl halides is 1. The predicted molar refractivity (Wildman–Crippen MR) is 73.0 cm³/mol. The number of halogens is 1. The van der Waals surface area contributed by atoms with Gasteiger partial charge in [0.05, 0.1) is 11.1 Å². The molecule has 1 heterocycles. The van der Waals surface area contributed by atoms with Crippen LogP contribution in [0.15, 0.2) is 18.3 Å². The molecule has 0 saturated heterocycles. The molecule has 0 radical (unpaired) electrons. The first kappa shape index (κ1) is 13.3. The van der Waals surface area contributed by atoms with E-state index >= 15 is 0 Å². The van der Waals surface area contributed by atoms with Crippen LogP contribution in [0.5, 0.6) is 0 Å². The SMILES string of the molecule is Cc1ccc(C(=O)NC2(CCl)CCCCC2)cn1. The summed E-state index contributed by atoms with van der Waals surface area (Å²) in [6, 6.07) is 3.66. The molecule has 3 nitrogen and oxygen atoms in total. The van der Waals surface area contributed by atoms with Crippen LogP contribution in [0.1, 0.15) is 48.2 Å². The molecule has 4 heteroatoms. The zero-order chi connectivity index (χ0) is 13.0. The van der Waals surface area contributed by atoms with E-state index < -0.39 is 0 Å². The Morgan fingerprint density at radius 1 is 1.39 bits per heavy atom. The van der Waals surface area contributed by atoms with E-state index in [4.69, 9.17) is 11.6 Å². The van der Waals surface area contributed by atoms with Gasteiger partial charge in [0.15, 0.2) is 0 Å². The fourth-order valence-electron chi connectivity index (χ4n) is 2.44. The second-order valence-corrected chi connectivity index (χ2v) is 5.38. The van der Waals surface area contributed by atoms with Crippen LogP contribution >= 0.6 is 11.6 Å². The maximum absolute atomic E-state index is 12.2. The number of carbonyl (C=O) groups is 1. The minimum absolute atomic E-state index is 0.0648.